The van der Waals surface area contributed by atoms with Crippen LogP contribution in [0.3, 0.4) is 0 Å². The maximum Gasteiger partial charge on any atom is 0.428 e. The van der Waals surface area contributed by atoms with E-state index in [-0.39, 0.29) is 30.1 Å². The lowest BCUT2D eigenvalue weighted by molar-refractivity contribution is -0.137. The number of carbonyl (C=O) groups excluding carboxylic acids is 1. The number of alkyl halides is 3. The molecule has 1 aromatic carbocycles. The van der Waals surface area contributed by atoms with E-state index < -0.39 is 23.4 Å². The minimum Gasteiger partial charge on any atom is -0.442 e. The van der Waals surface area contributed by atoms with Crippen LogP contribution in [0, 0.1) is 0 Å². The molecule has 0 unspecified atom stereocenters. The highest BCUT2D eigenvalue weighted by Gasteiger charge is 2.34. The summed E-state index contributed by atoms with van der Waals surface area (Å²) in [5.74, 6) is 0. The smallest absolute Gasteiger partial charge is 0.428 e. The Bertz CT molecular complexity index is 652. The van der Waals surface area contributed by atoms with Crippen LogP contribution in [0.5, 0.6) is 0 Å². The van der Waals surface area contributed by atoms with Gasteiger partial charge in [-0.3, -0.25) is 0 Å². The largest absolute Gasteiger partial charge is 0.442 e. The number of aliphatic hydroxyl groups is 1. The molecule has 6 nitrogen and oxygen atoms in total. The van der Waals surface area contributed by atoms with Crippen molar-refractivity contribution >= 4 is 17.5 Å². The summed E-state index contributed by atoms with van der Waals surface area (Å²) >= 11 is 0. The monoisotopic (exact) mass is 345 g/mol. The molecule has 0 aromatic heterocycles. The lowest BCUT2D eigenvalue weighted by Gasteiger charge is -2.20. The molecule has 1 aliphatic heterocycles. The van der Waals surface area contributed by atoms with E-state index in [1.165, 1.54) is 12.1 Å². The van der Waals surface area contributed by atoms with E-state index in [2.05, 4.69) is 15.8 Å². The number of nitrogens with zero attached hydrogens (tertiary/aromatic N) is 1. The molecular weight excluding hydrogens is 327 g/mol. The molecule has 0 spiro atoms. The van der Waals surface area contributed by atoms with Crippen LogP contribution in [0.15, 0.2) is 23.3 Å². The molecule has 132 valence electrons. The van der Waals surface area contributed by atoms with Crippen molar-refractivity contribution in [1.82, 2.24) is 5.43 Å². The number of rotatable bonds is 5. The molecule has 1 heterocycles. The molecule has 9 heteroatoms. The number of hydrazone groups is 1. The lowest BCUT2D eigenvalue weighted by atomic mass is 10.0. The number of cyclic esters (lactones) is 1. The Morgan fingerprint density at radius 2 is 2.08 bits per heavy atom. The van der Waals surface area contributed by atoms with Gasteiger partial charge in [-0.1, -0.05) is 6.07 Å². The Morgan fingerprint density at radius 3 is 2.62 bits per heavy atom. The Balaban J connectivity index is 2.24. The van der Waals surface area contributed by atoms with Crippen molar-refractivity contribution in [3.05, 3.63) is 29.3 Å². The molecule has 1 amide bonds. The van der Waals surface area contributed by atoms with Crippen LogP contribution in [0.1, 0.15) is 31.4 Å². The molecule has 24 heavy (non-hydrogen) atoms. The molecule has 0 atom stereocenters. The third-order valence-corrected chi connectivity index (χ3v) is 3.33. The zero-order valence-corrected chi connectivity index (χ0v) is 13.2. The van der Waals surface area contributed by atoms with E-state index in [1.807, 2.05) is 0 Å². The van der Waals surface area contributed by atoms with Crippen LogP contribution in [0.4, 0.5) is 23.7 Å². The third-order valence-electron chi connectivity index (χ3n) is 3.33. The Kier molecular flexibility index (Phi) is 5.02. The number of ether oxygens (including phenoxy) is 1. The summed E-state index contributed by atoms with van der Waals surface area (Å²) < 4.78 is 44.6. The second-order valence-electron chi connectivity index (χ2n) is 5.99. The SMILES string of the molecule is CC(C)(O)CCNc1ccc(C2=NNC(=O)OC2)cc1C(F)(F)F. The number of halogens is 3. The number of benzene rings is 1. The minimum atomic E-state index is -4.56. The maximum absolute atomic E-state index is 13.3. The van der Waals surface area contributed by atoms with Gasteiger partial charge in [0, 0.05) is 17.8 Å². The first-order valence-corrected chi connectivity index (χ1v) is 7.23. The number of hydrogen-bond acceptors (Lipinski definition) is 5. The molecule has 0 aliphatic carbocycles. The topological polar surface area (TPSA) is 83.0 Å². The summed E-state index contributed by atoms with van der Waals surface area (Å²) in [6.07, 6.45) is -5.02. The fraction of sp³-hybridized carbons (Fsp3) is 0.467. The van der Waals surface area contributed by atoms with Crippen molar-refractivity contribution in [3.8, 4) is 0 Å². The Hall–Kier alpha value is -2.29. The summed E-state index contributed by atoms with van der Waals surface area (Å²) in [5, 5.41) is 16.0. The zero-order valence-electron chi connectivity index (χ0n) is 13.2. The van der Waals surface area contributed by atoms with E-state index in [4.69, 9.17) is 4.74 Å². The van der Waals surface area contributed by atoms with Crippen molar-refractivity contribution in [2.75, 3.05) is 18.5 Å². The van der Waals surface area contributed by atoms with Gasteiger partial charge in [0.15, 0.2) is 0 Å². The van der Waals surface area contributed by atoms with Crippen molar-refractivity contribution in [2.45, 2.75) is 32.0 Å². The van der Waals surface area contributed by atoms with Crippen molar-refractivity contribution in [1.29, 1.82) is 0 Å². The summed E-state index contributed by atoms with van der Waals surface area (Å²) in [5.41, 5.74) is 0.546. The summed E-state index contributed by atoms with van der Waals surface area (Å²) in [6, 6.07) is 3.70. The average molecular weight is 345 g/mol. The maximum atomic E-state index is 13.3. The molecule has 0 saturated carbocycles. The standard InChI is InChI=1S/C15H18F3N3O3/c1-14(2,23)5-6-19-11-4-3-9(7-10(11)15(16,17)18)12-8-24-13(22)21-20-12/h3-4,7,19,23H,5-6,8H2,1-2H3,(H,21,22). The second-order valence-corrected chi connectivity index (χ2v) is 5.99. The van der Waals surface area contributed by atoms with Crippen molar-refractivity contribution in [2.24, 2.45) is 5.10 Å². The summed E-state index contributed by atoms with van der Waals surface area (Å²) in [6.45, 7) is 3.15. The van der Waals surface area contributed by atoms with Crippen molar-refractivity contribution in [3.63, 3.8) is 0 Å². The molecule has 3 N–H and O–H groups in total. The van der Waals surface area contributed by atoms with Crippen LogP contribution in [-0.4, -0.2) is 35.7 Å². The van der Waals surface area contributed by atoms with Crippen LogP contribution in [0.2, 0.25) is 0 Å². The van der Waals surface area contributed by atoms with Gasteiger partial charge in [-0.2, -0.15) is 18.3 Å². The lowest BCUT2D eigenvalue weighted by Crippen LogP contribution is -2.31. The van der Waals surface area contributed by atoms with E-state index in [0.717, 1.165) is 6.07 Å². The van der Waals surface area contributed by atoms with Gasteiger partial charge in [0.25, 0.3) is 0 Å². The van der Waals surface area contributed by atoms with E-state index in [0.29, 0.717) is 6.42 Å². The molecule has 0 fully saturated rings. The highest BCUT2D eigenvalue weighted by molar-refractivity contribution is 6.04. The molecule has 0 saturated heterocycles. The van der Waals surface area contributed by atoms with Gasteiger partial charge >= 0.3 is 12.3 Å². The molecule has 0 radical (unpaired) electrons. The zero-order chi connectivity index (χ0) is 18.0. The van der Waals surface area contributed by atoms with Crippen LogP contribution < -0.4 is 10.7 Å². The highest BCUT2D eigenvalue weighted by atomic mass is 19.4. The van der Waals surface area contributed by atoms with E-state index in [9.17, 15) is 23.1 Å². The van der Waals surface area contributed by atoms with Gasteiger partial charge in [0.1, 0.15) is 12.3 Å². The number of anilines is 1. The first-order chi connectivity index (χ1) is 11.1. The third kappa shape index (κ3) is 4.85. The molecular formula is C15H18F3N3O3. The summed E-state index contributed by atoms with van der Waals surface area (Å²) in [7, 11) is 0. The second kappa shape index (κ2) is 6.68. The predicted octanol–water partition coefficient (Wildman–Crippen LogP) is 2.72. The quantitative estimate of drug-likeness (QED) is 0.766. The van der Waals surface area contributed by atoms with E-state index >= 15 is 0 Å². The average Bonchev–Trinajstić information content (AvgIpc) is 2.46. The van der Waals surface area contributed by atoms with Gasteiger partial charge in [-0.05, 0) is 32.4 Å². The number of hydrogen-bond donors (Lipinski definition) is 3. The van der Waals surface area contributed by atoms with Gasteiger partial charge in [-0.15, -0.1) is 0 Å². The first kappa shape index (κ1) is 18.1. The molecule has 2 rings (SSSR count). The van der Waals surface area contributed by atoms with Gasteiger partial charge < -0.3 is 15.2 Å². The van der Waals surface area contributed by atoms with Gasteiger partial charge in [0.05, 0.1) is 11.2 Å². The Morgan fingerprint density at radius 1 is 1.38 bits per heavy atom. The fourth-order valence-corrected chi connectivity index (χ4v) is 2.07. The normalized spacial score (nSPS) is 15.4. The van der Waals surface area contributed by atoms with Crippen molar-refractivity contribution < 1.29 is 27.8 Å². The number of nitrogens with one attached hydrogen (secondary N) is 2. The first-order valence-electron chi connectivity index (χ1n) is 7.23. The van der Waals surface area contributed by atoms with Crippen LogP contribution in [0.25, 0.3) is 0 Å². The fourth-order valence-electron chi connectivity index (χ4n) is 2.07. The highest BCUT2D eigenvalue weighted by Crippen LogP contribution is 2.35. The van der Waals surface area contributed by atoms with Crippen LogP contribution >= 0.6 is 0 Å². The molecule has 1 aromatic rings. The van der Waals surface area contributed by atoms with Gasteiger partial charge in [0.2, 0.25) is 0 Å². The number of carbonyl (C=O) groups is 1. The minimum absolute atomic E-state index is 0.0862. The number of amides is 1. The van der Waals surface area contributed by atoms with Gasteiger partial charge in [-0.25, -0.2) is 10.2 Å². The predicted molar refractivity (Wildman–Crippen MR) is 81.9 cm³/mol. The van der Waals surface area contributed by atoms with Crippen LogP contribution in [-0.2, 0) is 10.9 Å². The summed E-state index contributed by atoms with van der Waals surface area (Å²) in [4.78, 5) is 10.9. The Labute approximate surface area is 136 Å². The van der Waals surface area contributed by atoms with E-state index in [1.54, 1.807) is 13.8 Å². The molecule has 1 aliphatic rings. The molecule has 0 bridgehead atoms.